The smallest absolute Gasteiger partial charge is 0.310 e. The Labute approximate surface area is 114 Å². The fourth-order valence-electron chi connectivity index (χ4n) is 2.33. The topological polar surface area (TPSA) is 72.8 Å². The molecule has 0 spiro atoms. The molecule has 0 bridgehead atoms. The lowest BCUT2D eigenvalue weighted by Gasteiger charge is -2.31. The van der Waals surface area contributed by atoms with Crippen molar-refractivity contribution in [3.05, 3.63) is 0 Å². The molecular formula is C14H24O5. The van der Waals surface area contributed by atoms with Gasteiger partial charge in [-0.1, -0.05) is 12.8 Å². The third-order valence-corrected chi connectivity index (χ3v) is 3.11. The van der Waals surface area contributed by atoms with E-state index < -0.39 is 23.4 Å². The van der Waals surface area contributed by atoms with Gasteiger partial charge in [0.05, 0.1) is 18.4 Å². The standard InChI is InChI=1S/C14H24O5/c1-14(2,3)19-13(17)11-7-5-4-6-10(11)12(16)18-9-8-15/h10-11,15H,4-9H2,1-3H3. The first-order valence-corrected chi connectivity index (χ1v) is 6.85. The normalized spacial score (nSPS) is 23.8. The van der Waals surface area contributed by atoms with E-state index in [0.29, 0.717) is 12.8 Å². The second-order valence-corrected chi connectivity index (χ2v) is 5.92. The highest BCUT2D eigenvalue weighted by Crippen LogP contribution is 2.33. The van der Waals surface area contributed by atoms with Gasteiger partial charge in [0, 0.05) is 0 Å². The van der Waals surface area contributed by atoms with Crippen LogP contribution in [0.25, 0.3) is 0 Å². The molecule has 1 aliphatic carbocycles. The minimum atomic E-state index is -0.548. The van der Waals surface area contributed by atoms with Crippen molar-refractivity contribution in [3.63, 3.8) is 0 Å². The molecule has 0 saturated heterocycles. The Bertz CT molecular complexity index is 318. The minimum absolute atomic E-state index is 0.0175. The van der Waals surface area contributed by atoms with Gasteiger partial charge in [-0.25, -0.2) is 0 Å². The maximum Gasteiger partial charge on any atom is 0.310 e. The van der Waals surface area contributed by atoms with E-state index in [4.69, 9.17) is 14.6 Å². The predicted molar refractivity (Wildman–Crippen MR) is 69.3 cm³/mol. The first-order valence-electron chi connectivity index (χ1n) is 6.85. The highest BCUT2D eigenvalue weighted by molar-refractivity contribution is 5.82. The molecular weight excluding hydrogens is 248 g/mol. The monoisotopic (exact) mass is 272 g/mol. The summed E-state index contributed by atoms with van der Waals surface area (Å²) >= 11 is 0. The number of carbonyl (C=O) groups is 2. The number of ether oxygens (including phenoxy) is 2. The Hall–Kier alpha value is -1.10. The Morgan fingerprint density at radius 3 is 2.11 bits per heavy atom. The zero-order chi connectivity index (χ0) is 14.5. The van der Waals surface area contributed by atoms with Crippen molar-refractivity contribution < 1.29 is 24.2 Å². The summed E-state index contributed by atoms with van der Waals surface area (Å²) in [5.41, 5.74) is -0.548. The van der Waals surface area contributed by atoms with Crippen LogP contribution in [0.4, 0.5) is 0 Å². The Morgan fingerprint density at radius 2 is 1.63 bits per heavy atom. The highest BCUT2D eigenvalue weighted by Gasteiger charge is 2.39. The molecule has 0 aromatic carbocycles. The predicted octanol–water partition coefficient (Wildman–Crippen LogP) is 1.67. The van der Waals surface area contributed by atoms with Gasteiger partial charge < -0.3 is 14.6 Å². The molecule has 5 heteroatoms. The number of esters is 2. The summed E-state index contributed by atoms with van der Waals surface area (Å²) in [7, 11) is 0. The van der Waals surface area contributed by atoms with Gasteiger partial charge in [-0.05, 0) is 33.6 Å². The van der Waals surface area contributed by atoms with E-state index in [1.807, 2.05) is 20.8 Å². The molecule has 1 fully saturated rings. The van der Waals surface area contributed by atoms with Crippen LogP contribution < -0.4 is 0 Å². The van der Waals surface area contributed by atoms with Gasteiger partial charge in [0.25, 0.3) is 0 Å². The second-order valence-electron chi connectivity index (χ2n) is 5.92. The molecule has 0 radical (unpaired) electrons. The first-order chi connectivity index (χ1) is 8.85. The minimum Gasteiger partial charge on any atom is -0.463 e. The number of rotatable bonds is 4. The van der Waals surface area contributed by atoms with Gasteiger partial charge in [0.2, 0.25) is 0 Å². The maximum absolute atomic E-state index is 12.1. The van der Waals surface area contributed by atoms with Crippen LogP contribution in [0.2, 0.25) is 0 Å². The largest absolute Gasteiger partial charge is 0.463 e. The van der Waals surface area contributed by atoms with Gasteiger partial charge in [-0.3, -0.25) is 9.59 Å². The fourth-order valence-corrected chi connectivity index (χ4v) is 2.33. The number of carbonyl (C=O) groups excluding carboxylic acids is 2. The molecule has 1 rings (SSSR count). The molecule has 5 nitrogen and oxygen atoms in total. The van der Waals surface area contributed by atoms with Crippen LogP contribution in [-0.4, -0.2) is 35.9 Å². The van der Waals surface area contributed by atoms with Crippen molar-refractivity contribution in [3.8, 4) is 0 Å². The number of aliphatic hydroxyl groups is 1. The highest BCUT2D eigenvalue weighted by atomic mass is 16.6. The van der Waals surface area contributed by atoms with Crippen LogP contribution >= 0.6 is 0 Å². The summed E-state index contributed by atoms with van der Waals surface area (Å²) in [4.78, 5) is 24.0. The molecule has 2 atom stereocenters. The van der Waals surface area contributed by atoms with Crippen molar-refractivity contribution in [1.82, 2.24) is 0 Å². The third-order valence-electron chi connectivity index (χ3n) is 3.11. The van der Waals surface area contributed by atoms with Crippen LogP contribution in [0.1, 0.15) is 46.5 Å². The average Bonchev–Trinajstić information content (AvgIpc) is 2.34. The van der Waals surface area contributed by atoms with Crippen molar-refractivity contribution in [1.29, 1.82) is 0 Å². The lowest BCUT2D eigenvalue weighted by Crippen LogP contribution is -2.38. The molecule has 0 amide bonds. The van der Waals surface area contributed by atoms with E-state index in [1.54, 1.807) is 0 Å². The summed E-state index contributed by atoms with van der Waals surface area (Å²) in [6, 6.07) is 0. The summed E-state index contributed by atoms with van der Waals surface area (Å²) in [5, 5.41) is 8.67. The summed E-state index contributed by atoms with van der Waals surface area (Å²) in [6.45, 7) is 5.22. The van der Waals surface area contributed by atoms with E-state index in [1.165, 1.54) is 0 Å². The van der Waals surface area contributed by atoms with E-state index >= 15 is 0 Å². The zero-order valence-electron chi connectivity index (χ0n) is 12.0. The van der Waals surface area contributed by atoms with Crippen LogP contribution in [0.5, 0.6) is 0 Å². The van der Waals surface area contributed by atoms with Gasteiger partial charge in [-0.2, -0.15) is 0 Å². The maximum atomic E-state index is 12.1. The van der Waals surface area contributed by atoms with Crippen molar-refractivity contribution >= 4 is 11.9 Å². The van der Waals surface area contributed by atoms with Gasteiger partial charge >= 0.3 is 11.9 Å². The molecule has 19 heavy (non-hydrogen) atoms. The van der Waals surface area contributed by atoms with Crippen molar-refractivity contribution in [2.24, 2.45) is 11.8 Å². The molecule has 110 valence electrons. The van der Waals surface area contributed by atoms with Gasteiger partial charge in [-0.15, -0.1) is 0 Å². The molecule has 0 heterocycles. The van der Waals surface area contributed by atoms with E-state index in [0.717, 1.165) is 12.8 Å². The molecule has 1 aliphatic rings. The van der Waals surface area contributed by atoms with Crippen LogP contribution in [0, 0.1) is 11.8 Å². The molecule has 0 aliphatic heterocycles. The SMILES string of the molecule is CC(C)(C)OC(=O)C1CCCCC1C(=O)OCCO. The Kier molecular flexibility index (Phi) is 5.79. The molecule has 1 N–H and O–H groups in total. The molecule has 0 aromatic heterocycles. The van der Waals surface area contributed by atoms with Crippen LogP contribution in [0.3, 0.4) is 0 Å². The third kappa shape index (κ3) is 5.19. The summed E-state index contributed by atoms with van der Waals surface area (Å²) in [6.07, 6.45) is 3.15. The van der Waals surface area contributed by atoms with Gasteiger partial charge in [0.15, 0.2) is 0 Å². The fraction of sp³-hybridized carbons (Fsp3) is 0.857. The molecule has 1 saturated carbocycles. The average molecular weight is 272 g/mol. The lowest BCUT2D eigenvalue weighted by molar-refractivity contribution is -0.170. The van der Waals surface area contributed by atoms with Crippen LogP contribution in [0.15, 0.2) is 0 Å². The van der Waals surface area contributed by atoms with Gasteiger partial charge in [0.1, 0.15) is 12.2 Å². The second kappa shape index (κ2) is 6.89. The quantitative estimate of drug-likeness (QED) is 0.788. The molecule has 0 aromatic rings. The van der Waals surface area contributed by atoms with Crippen molar-refractivity contribution in [2.45, 2.75) is 52.1 Å². The number of hydrogen-bond donors (Lipinski definition) is 1. The Morgan fingerprint density at radius 1 is 1.11 bits per heavy atom. The first kappa shape index (κ1) is 16.0. The Balaban J connectivity index is 2.66. The molecule has 2 unspecified atom stereocenters. The van der Waals surface area contributed by atoms with E-state index in [-0.39, 0.29) is 19.2 Å². The zero-order valence-corrected chi connectivity index (χ0v) is 12.0. The van der Waals surface area contributed by atoms with Crippen molar-refractivity contribution in [2.75, 3.05) is 13.2 Å². The lowest BCUT2D eigenvalue weighted by atomic mass is 9.79. The van der Waals surface area contributed by atoms with E-state index in [2.05, 4.69) is 0 Å². The number of aliphatic hydroxyl groups excluding tert-OH is 1. The summed E-state index contributed by atoms with van der Waals surface area (Å²) < 4.78 is 10.3. The number of hydrogen-bond acceptors (Lipinski definition) is 5. The summed E-state index contributed by atoms with van der Waals surface area (Å²) in [5.74, 6) is -1.57. The van der Waals surface area contributed by atoms with E-state index in [9.17, 15) is 9.59 Å². The van der Waals surface area contributed by atoms with Crippen LogP contribution in [-0.2, 0) is 19.1 Å².